The molecule has 0 bridgehead atoms. The standard InChI is InChI=1S/C14H14N2O/c1-10(2)9-17-14-7-11(8-15)12-5-3-4-6-13(12)16-14/h3-7,10H,9H2,1-2H3. The van der Waals surface area contributed by atoms with Gasteiger partial charge in [0.1, 0.15) is 6.07 Å². The number of pyridine rings is 1. The number of aromatic nitrogens is 1. The van der Waals surface area contributed by atoms with E-state index in [-0.39, 0.29) is 0 Å². The first kappa shape index (κ1) is 11.4. The minimum absolute atomic E-state index is 0.439. The van der Waals surface area contributed by atoms with Crippen molar-refractivity contribution < 1.29 is 4.74 Å². The number of rotatable bonds is 3. The summed E-state index contributed by atoms with van der Waals surface area (Å²) < 4.78 is 5.56. The molecule has 0 aliphatic heterocycles. The Morgan fingerprint density at radius 2 is 2.12 bits per heavy atom. The van der Waals surface area contributed by atoms with Gasteiger partial charge in [-0.2, -0.15) is 5.26 Å². The maximum atomic E-state index is 9.10. The highest BCUT2D eigenvalue weighted by molar-refractivity contribution is 5.85. The van der Waals surface area contributed by atoms with Crippen molar-refractivity contribution in [2.45, 2.75) is 13.8 Å². The first-order valence-electron chi connectivity index (χ1n) is 5.63. The van der Waals surface area contributed by atoms with Gasteiger partial charge < -0.3 is 4.74 Å². The van der Waals surface area contributed by atoms with Crippen molar-refractivity contribution in [3.05, 3.63) is 35.9 Å². The lowest BCUT2D eigenvalue weighted by molar-refractivity contribution is 0.262. The highest BCUT2D eigenvalue weighted by Crippen LogP contribution is 2.21. The second kappa shape index (κ2) is 4.84. The Morgan fingerprint density at radius 3 is 2.82 bits per heavy atom. The Bertz CT molecular complexity index is 570. The lowest BCUT2D eigenvalue weighted by Gasteiger charge is -2.09. The summed E-state index contributed by atoms with van der Waals surface area (Å²) in [6.45, 7) is 4.76. The SMILES string of the molecule is CC(C)COc1cc(C#N)c2ccccc2n1. The molecular formula is C14H14N2O. The van der Waals surface area contributed by atoms with Gasteiger partial charge in [0.15, 0.2) is 0 Å². The highest BCUT2D eigenvalue weighted by Gasteiger charge is 2.06. The number of nitrogens with zero attached hydrogens (tertiary/aromatic N) is 2. The molecule has 1 heterocycles. The molecule has 0 radical (unpaired) electrons. The fourth-order valence-electron chi connectivity index (χ4n) is 1.57. The van der Waals surface area contributed by atoms with Gasteiger partial charge in [0.05, 0.1) is 17.7 Å². The van der Waals surface area contributed by atoms with Gasteiger partial charge in [-0.05, 0) is 12.0 Å². The van der Waals surface area contributed by atoms with Crippen LogP contribution in [-0.4, -0.2) is 11.6 Å². The number of hydrogen-bond acceptors (Lipinski definition) is 3. The zero-order valence-electron chi connectivity index (χ0n) is 9.97. The van der Waals surface area contributed by atoms with Gasteiger partial charge in [0.25, 0.3) is 0 Å². The van der Waals surface area contributed by atoms with E-state index in [9.17, 15) is 0 Å². The average molecular weight is 226 g/mol. The van der Waals surface area contributed by atoms with Crippen LogP contribution in [0.4, 0.5) is 0 Å². The normalized spacial score (nSPS) is 10.5. The number of ether oxygens (including phenoxy) is 1. The summed E-state index contributed by atoms with van der Waals surface area (Å²) in [5.41, 5.74) is 1.40. The molecule has 17 heavy (non-hydrogen) atoms. The summed E-state index contributed by atoms with van der Waals surface area (Å²) in [6.07, 6.45) is 0. The predicted octanol–water partition coefficient (Wildman–Crippen LogP) is 3.14. The van der Waals surface area contributed by atoms with Crippen molar-refractivity contribution in [1.82, 2.24) is 4.98 Å². The van der Waals surface area contributed by atoms with E-state index in [1.165, 1.54) is 0 Å². The van der Waals surface area contributed by atoms with E-state index >= 15 is 0 Å². The van der Waals surface area contributed by atoms with Gasteiger partial charge in [-0.25, -0.2) is 4.98 Å². The van der Waals surface area contributed by atoms with Crippen LogP contribution in [0, 0.1) is 17.2 Å². The third-order valence-corrected chi connectivity index (χ3v) is 2.38. The molecule has 0 spiro atoms. The molecule has 3 nitrogen and oxygen atoms in total. The molecule has 2 aromatic rings. The van der Waals surface area contributed by atoms with E-state index in [1.54, 1.807) is 6.07 Å². The van der Waals surface area contributed by atoms with Crippen molar-refractivity contribution in [3.63, 3.8) is 0 Å². The van der Waals surface area contributed by atoms with Crippen LogP contribution in [0.1, 0.15) is 19.4 Å². The lowest BCUT2D eigenvalue weighted by Crippen LogP contribution is -2.06. The Kier molecular flexibility index (Phi) is 3.24. The molecule has 0 aliphatic rings. The van der Waals surface area contributed by atoms with Crippen LogP contribution in [0.25, 0.3) is 10.9 Å². The summed E-state index contributed by atoms with van der Waals surface area (Å²) in [7, 11) is 0. The summed E-state index contributed by atoms with van der Waals surface area (Å²) in [5.74, 6) is 0.961. The molecule has 0 saturated carbocycles. The quantitative estimate of drug-likeness (QED) is 0.807. The second-order valence-electron chi connectivity index (χ2n) is 4.34. The van der Waals surface area contributed by atoms with Crippen LogP contribution in [0.3, 0.4) is 0 Å². The summed E-state index contributed by atoms with van der Waals surface area (Å²) in [6, 6.07) is 11.5. The molecule has 0 saturated heterocycles. The Balaban J connectivity index is 2.43. The van der Waals surface area contributed by atoms with Crippen molar-refractivity contribution >= 4 is 10.9 Å². The molecule has 0 unspecified atom stereocenters. The van der Waals surface area contributed by atoms with Crippen molar-refractivity contribution in [2.75, 3.05) is 6.61 Å². The van der Waals surface area contributed by atoms with Crippen LogP contribution in [0.15, 0.2) is 30.3 Å². The van der Waals surface area contributed by atoms with E-state index in [1.807, 2.05) is 24.3 Å². The summed E-state index contributed by atoms with van der Waals surface area (Å²) >= 11 is 0. The van der Waals surface area contributed by atoms with Gasteiger partial charge in [-0.1, -0.05) is 32.0 Å². The largest absolute Gasteiger partial charge is 0.477 e. The number of benzene rings is 1. The molecule has 0 fully saturated rings. The Morgan fingerprint density at radius 1 is 1.35 bits per heavy atom. The molecule has 0 amide bonds. The molecule has 0 aliphatic carbocycles. The van der Waals surface area contributed by atoms with Crippen molar-refractivity contribution in [3.8, 4) is 11.9 Å². The van der Waals surface area contributed by atoms with Crippen LogP contribution < -0.4 is 4.74 Å². The fraction of sp³-hybridized carbons (Fsp3) is 0.286. The topological polar surface area (TPSA) is 45.9 Å². The number of nitriles is 1. The number of hydrogen-bond donors (Lipinski definition) is 0. The number of fused-ring (bicyclic) bond motifs is 1. The van der Waals surface area contributed by atoms with E-state index in [0.717, 1.165) is 10.9 Å². The predicted molar refractivity (Wildman–Crippen MR) is 66.8 cm³/mol. The Labute approximate surface area is 101 Å². The fourth-order valence-corrected chi connectivity index (χ4v) is 1.57. The molecular weight excluding hydrogens is 212 g/mol. The van der Waals surface area contributed by atoms with Crippen molar-refractivity contribution in [1.29, 1.82) is 5.26 Å². The average Bonchev–Trinajstić information content (AvgIpc) is 2.35. The first-order valence-corrected chi connectivity index (χ1v) is 5.63. The molecule has 86 valence electrons. The van der Waals surface area contributed by atoms with Crippen LogP contribution in [-0.2, 0) is 0 Å². The third kappa shape index (κ3) is 2.54. The van der Waals surface area contributed by atoms with Crippen LogP contribution in [0.2, 0.25) is 0 Å². The number of para-hydroxylation sites is 1. The first-order chi connectivity index (χ1) is 8.20. The van der Waals surface area contributed by atoms with E-state index in [0.29, 0.717) is 24.0 Å². The van der Waals surface area contributed by atoms with Crippen LogP contribution in [0.5, 0.6) is 5.88 Å². The van der Waals surface area contributed by atoms with Gasteiger partial charge in [0.2, 0.25) is 5.88 Å². The van der Waals surface area contributed by atoms with Crippen LogP contribution >= 0.6 is 0 Å². The van der Waals surface area contributed by atoms with Gasteiger partial charge >= 0.3 is 0 Å². The zero-order chi connectivity index (χ0) is 12.3. The smallest absolute Gasteiger partial charge is 0.215 e. The molecule has 0 N–H and O–H groups in total. The summed E-state index contributed by atoms with van der Waals surface area (Å²) in [5, 5.41) is 9.97. The highest BCUT2D eigenvalue weighted by atomic mass is 16.5. The molecule has 1 aromatic carbocycles. The monoisotopic (exact) mass is 226 g/mol. The molecule has 0 atom stereocenters. The second-order valence-corrected chi connectivity index (χ2v) is 4.34. The van der Waals surface area contributed by atoms with E-state index in [4.69, 9.17) is 10.00 Å². The van der Waals surface area contributed by atoms with Gasteiger partial charge in [-0.15, -0.1) is 0 Å². The van der Waals surface area contributed by atoms with Crippen molar-refractivity contribution in [2.24, 2.45) is 5.92 Å². The Hall–Kier alpha value is -2.08. The molecule has 3 heteroatoms. The molecule has 1 aromatic heterocycles. The third-order valence-electron chi connectivity index (χ3n) is 2.38. The summed E-state index contributed by atoms with van der Waals surface area (Å²) in [4.78, 5) is 4.38. The van der Waals surface area contributed by atoms with Gasteiger partial charge in [-0.3, -0.25) is 0 Å². The minimum atomic E-state index is 0.439. The van der Waals surface area contributed by atoms with Gasteiger partial charge in [0, 0.05) is 11.5 Å². The van der Waals surface area contributed by atoms with E-state index < -0.39 is 0 Å². The minimum Gasteiger partial charge on any atom is -0.477 e. The lowest BCUT2D eigenvalue weighted by atomic mass is 10.1. The van der Waals surface area contributed by atoms with E-state index in [2.05, 4.69) is 24.9 Å². The zero-order valence-corrected chi connectivity index (χ0v) is 9.97. The molecule has 2 rings (SSSR count). The maximum absolute atomic E-state index is 9.10. The maximum Gasteiger partial charge on any atom is 0.215 e.